The van der Waals surface area contributed by atoms with Gasteiger partial charge in [0, 0.05) is 45.0 Å². The maximum Gasteiger partial charge on any atom is 0.298 e. The first-order chi connectivity index (χ1) is 25.8. The van der Waals surface area contributed by atoms with Gasteiger partial charge in [0.25, 0.3) is 6.47 Å². The van der Waals surface area contributed by atoms with Gasteiger partial charge < -0.3 is 24.0 Å². The lowest BCUT2D eigenvalue weighted by molar-refractivity contribution is -0.120. The van der Waals surface area contributed by atoms with E-state index < -0.39 is 0 Å². The van der Waals surface area contributed by atoms with E-state index in [-0.39, 0.29) is 11.6 Å². The number of ketones is 2. The highest BCUT2D eigenvalue weighted by molar-refractivity contribution is 6.46. The molecule has 0 aliphatic rings. The van der Waals surface area contributed by atoms with E-state index in [1.54, 1.807) is 48.5 Å². The molecule has 0 saturated heterocycles. The van der Waals surface area contributed by atoms with Crippen LogP contribution in [0.25, 0.3) is 21.8 Å². The Labute approximate surface area is 312 Å². The molecule has 1 atom stereocenters. The number of rotatable bonds is 17. The number of phenols is 1. The van der Waals surface area contributed by atoms with Gasteiger partial charge in [0.05, 0.1) is 0 Å². The molecule has 1 N–H and O–H groups in total. The molecule has 9 nitrogen and oxygen atoms in total. The molecule has 0 aliphatic carbocycles. The number of nitrogens with zero attached hydrogens (tertiary/aromatic N) is 2. The van der Waals surface area contributed by atoms with Crippen molar-refractivity contribution in [2.24, 2.45) is 11.1 Å². The number of benzene rings is 4. The molecule has 0 bridgehead atoms. The quantitative estimate of drug-likeness (QED) is 0.0333. The van der Waals surface area contributed by atoms with Crippen molar-refractivity contribution in [1.82, 2.24) is 4.57 Å². The van der Waals surface area contributed by atoms with Crippen LogP contribution in [0.2, 0.25) is 0 Å². The summed E-state index contributed by atoms with van der Waals surface area (Å²) in [6.45, 7) is 9.25. The number of ether oxygens (including phenoxy) is 1. The van der Waals surface area contributed by atoms with Crippen molar-refractivity contribution in [2.75, 3.05) is 7.11 Å². The van der Waals surface area contributed by atoms with Gasteiger partial charge in [0.15, 0.2) is 5.78 Å². The van der Waals surface area contributed by atoms with Crippen molar-refractivity contribution in [1.29, 1.82) is 0 Å². The van der Waals surface area contributed by atoms with Crippen LogP contribution < -0.4 is 4.74 Å². The first-order valence-electron chi connectivity index (χ1n) is 18.4. The Kier molecular flexibility index (Phi) is 17.7. The number of Topliss-reactive ketones (excluding diaryl/α,β-unsaturated/α-hetero) is 1. The number of unbranched alkanes of at least 4 members (excludes halogenated alkanes) is 3. The second-order valence-electron chi connectivity index (χ2n) is 12.6. The summed E-state index contributed by atoms with van der Waals surface area (Å²) < 4.78 is 7.21. The van der Waals surface area contributed by atoms with Gasteiger partial charge >= 0.3 is 0 Å². The third kappa shape index (κ3) is 12.0. The summed E-state index contributed by atoms with van der Waals surface area (Å²) in [5.41, 5.74) is 4.09. The van der Waals surface area contributed by atoms with Crippen LogP contribution in [0.4, 0.5) is 0 Å². The maximum absolute atomic E-state index is 13.6. The summed E-state index contributed by atoms with van der Waals surface area (Å²) in [5, 5.41) is 14.6. The molecular weight excluding hydrogens is 668 g/mol. The molecule has 0 radical (unpaired) electrons. The monoisotopic (exact) mass is 720 g/mol. The highest BCUT2D eigenvalue weighted by Gasteiger charge is 2.21. The fourth-order valence-corrected chi connectivity index (χ4v) is 6.11. The van der Waals surface area contributed by atoms with Crippen LogP contribution in [0.15, 0.2) is 96.2 Å². The van der Waals surface area contributed by atoms with E-state index in [9.17, 15) is 14.4 Å². The number of fused-ring (bicyclic) bond motifs is 3. The van der Waals surface area contributed by atoms with Crippen molar-refractivity contribution in [3.05, 3.63) is 108 Å². The predicted molar refractivity (Wildman–Crippen MR) is 212 cm³/mol. The molecule has 5 rings (SSSR count). The van der Waals surface area contributed by atoms with Crippen molar-refractivity contribution in [2.45, 2.75) is 85.6 Å². The molecule has 0 aliphatic heterocycles. The molecule has 0 fully saturated rings. The molecule has 1 heterocycles. The van der Waals surface area contributed by atoms with Crippen LogP contribution >= 0.6 is 0 Å². The first kappa shape index (κ1) is 41.8. The lowest BCUT2D eigenvalue weighted by Crippen LogP contribution is -2.15. The van der Waals surface area contributed by atoms with E-state index in [0.29, 0.717) is 52.7 Å². The van der Waals surface area contributed by atoms with Crippen LogP contribution in [-0.4, -0.2) is 46.8 Å². The van der Waals surface area contributed by atoms with Gasteiger partial charge in [-0.15, -0.1) is 0 Å². The van der Waals surface area contributed by atoms with Gasteiger partial charge in [-0.25, -0.2) is 0 Å². The lowest BCUT2D eigenvalue weighted by Gasteiger charge is -2.17. The zero-order valence-electron chi connectivity index (χ0n) is 31.5. The van der Waals surface area contributed by atoms with Gasteiger partial charge in [0.2, 0.25) is 5.78 Å². The Hall–Kier alpha value is -5.57. The van der Waals surface area contributed by atoms with Crippen molar-refractivity contribution in [3.63, 3.8) is 0 Å². The SMILES string of the molecule is CC=O.CCCCC/C(=N\OC)C(=O)c1ccc2c(c1)c1cc(C(=O)c3ccc(OC=O)cc3)ccc1n2CC(CC)CCCC.Oc1ccccc1. The molecule has 1 unspecified atom stereocenters. The number of hydrogen-bond acceptors (Lipinski definition) is 8. The molecule has 0 saturated carbocycles. The first-order valence-corrected chi connectivity index (χ1v) is 18.4. The van der Waals surface area contributed by atoms with Crippen LogP contribution in [-0.2, 0) is 21.0 Å². The zero-order valence-corrected chi connectivity index (χ0v) is 31.5. The fraction of sp³-hybridized carbons (Fsp3) is 0.341. The predicted octanol–water partition coefficient (Wildman–Crippen LogP) is 10.1. The molecular formula is C44H52N2O7. The van der Waals surface area contributed by atoms with Crippen molar-refractivity contribution in [3.8, 4) is 11.5 Å². The Bertz CT molecular complexity index is 1950. The van der Waals surface area contributed by atoms with Gasteiger partial charge in [-0.2, -0.15) is 0 Å². The largest absolute Gasteiger partial charge is 0.508 e. The van der Waals surface area contributed by atoms with E-state index in [0.717, 1.165) is 73.2 Å². The van der Waals surface area contributed by atoms with E-state index in [1.165, 1.54) is 20.5 Å². The molecule has 1 aromatic heterocycles. The molecule has 280 valence electrons. The average Bonchev–Trinajstić information content (AvgIpc) is 3.48. The number of carbonyl (C=O) groups is 4. The number of aromatic hydroxyl groups is 1. The number of hydrogen-bond donors (Lipinski definition) is 1. The Balaban J connectivity index is 0.000000659. The minimum absolute atomic E-state index is 0.132. The van der Waals surface area contributed by atoms with E-state index in [2.05, 4.69) is 30.5 Å². The number of aromatic nitrogens is 1. The smallest absolute Gasteiger partial charge is 0.298 e. The number of carbonyl (C=O) groups excluding carboxylic acids is 4. The standard InChI is InChI=1S/C36H42N2O5.C6H6O.C2H4O/c1-5-8-10-12-32(37-42-4)36(41)28-16-20-34-31(22-28)30-21-27(35(40)26-13-17-29(18-14-26)43-24-39)15-19-33(30)38(34)23-25(7-3)11-9-6-2;7-6-4-2-1-3-5-6;1-2-3/h13-22,24-25H,5-12,23H2,1-4H3;1-5,7H;2H,1H3/b37-32+;;. The summed E-state index contributed by atoms with van der Waals surface area (Å²) >= 11 is 0. The Morgan fingerprint density at radius 1 is 0.792 bits per heavy atom. The van der Waals surface area contributed by atoms with Gasteiger partial charge in [-0.3, -0.25) is 14.4 Å². The van der Waals surface area contributed by atoms with E-state index >= 15 is 0 Å². The van der Waals surface area contributed by atoms with Crippen molar-refractivity contribution < 1.29 is 33.9 Å². The van der Waals surface area contributed by atoms with Crippen molar-refractivity contribution >= 4 is 51.8 Å². The summed E-state index contributed by atoms with van der Waals surface area (Å²) in [6, 6.07) is 26.9. The van der Waals surface area contributed by atoms with Gasteiger partial charge in [-0.1, -0.05) is 76.2 Å². The molecule has 5 aromatic rings. The van der Waals surface area contributed by atoms with Crippen LogP contribution in [0.5, 0.6) is 11.5 Å². The molecule has 0 spiro atoms. The van der Waals surface area contributed by atoms with Crippen LogP contribution in [0.1, 0.15) is 105 Å². The number of aldehydes is 1. The van der Waals surface area contributed by atoms with Gasteiger partial charge in [-0.05, 0) is 105 Å². The zero-order chi connectivity index (χ0) is 38.6. The Morgan fingerprint density at radius 2 is 1.38 bits per heavy atom. The fourth-order valence-electron chi connectivity index (χ4n) is 6.11. The number of phenolic OH excluding ortho intramolecular Hbond substituents is 1. The lowest BCUT2D eigenvalue weighted by atomic mass is 9.98. The van der Waals surface area contributed by atoms with Crippen LogP contribution in [0, 0.1) is 5.92 Å². The third-order valence-corrected chi connectivity index (χ3v) is 8.91. The summed E-state index contributed by atoms with van der Waals surface area (Å²) in [4.78, 5) is 51.6. The topological polar surface area (TPSA) is 124 Å². The molecule has 4 aromatic carbocycles. The molecule has 0 amide bonds. The number of para-hydroxylation sites is 1. The molecule has 53 heavy (non-hydrogen) atoms. The average molecular weight is 721 g/mol. The van der Waals surface area contributed by atoms with E-state index in [4.69, 9.17) is 19.5 Å². The highest BCUT2D eigenvalue weighted by Crippen LogP contribution is 2.33. The number of oxime groups is 1. The molecule has 9 heteroatoms. The van der Waals surface area contributed by atoms with E-state index in [1.807, 2.05) is 42.5 Å². The van der Waals surface area contributed by atoms with Crippen LogP contribution in [0.3, 0.4) is 0 Å². The summed E-state index contributed by atoms with van der Waals surface area (Å²) in [7, 11) is 1.47. The Morgan fingerprint density at radius 3 is 1.91 bits per heavy atom. The minimum atomic E-state index is -0.139. The minimum Gasteiger partial charge on any atom is -0.508 e. The summed E-state index contributed by atoms with van der Waals surface area (Å²) in [5.74, 6) is 0.948. The summed E-state index contributed by atoms with van der Waals surface area (Å²) in [6.07, 6.45) is 8.82. The second-order valence-corrected chi connectivity index (χ2v) is 12.6. The van der Waals surface area contributed by atoms with Gasteiger partial charge in [0.1, 0.15) is 30.6 Å². The highest BCUT2D eigenvalue weighted by atomic mass is 16.6. The maximum atomic E-state index is 13.6. The second kappa shape index (κ2) is 22.4. The third-order valence-electron chi connectivity index (χ3n) is 8.91. The normalized spacial score (nSPS) is 11.5.